The smallest absolute Gasteiger partial charge is 0.141 e. The molecule has 1 aliphatic rings. The zero-order valence-electron chi connectivity index (χ0n) is 11.2. The topological polar surface area (TPSA) is 45.4 Å². The van der Waals surface area contributed by atoms with E-state index < -0.39 is 0 Å². The highest BCUT2D eigenvalue weighted by Crippen LogP contribution is 2.27. The van der Waals surface area contributed by atoms with E-state index in [4.69, 9.17) is 5.73 Å². The lowest BCUT2D eigenvalue weighted by molar-refractivity contribution is 0.266. The minimum absolute atomic E-state index is 0.317. The van der Waals surface area contributed by atoms with E-state index in [9.17, 15) is 4.39 Å². The lowest BCUT2D eigenvalue weighted by atomic mass is 10.1. The van der Waals surface area contributed by atoms with Crippen molar-refractivity contribution >= 4 is 5.82 Å². The Kier molecular flexibility index (Phi) is 3.82. The quantitative estimate of drug-likeness (QED) is 0.874. The second kappa shape index (κ2) is 5.20. The third-order valence-electron chi connectivity index (χ3n) is 3.66. The van der Waals surface area contributed by atoms with E-state index in [0.717, 1.165) is 24.5 Å². The minimum Gasteiger partial charge on any atom is -0.354 e. The molecule has 2 N–H and O–H groups in total. The standard InChI is InChI=1S/C13H21FN4/c1-9-7-18(8-12(9)17(2)3)13-10(5-15)4-11(14)6-16-13/h4,6,9,12H,5,7-8,15H2,1-3H3. The Morgan fingerprint density at radius 2 is 2.22 bits per heavy atom. The van der Waals surface area contributed by atoms with E-state index in [-0.39, 0.29) is 5.82 Å². The molecule has 0 aromatic carbocycles. The van der Waals surface area contributed by atoms with Gasteiger partial charge in [0, 0.05) is 31.2 Å². The first-order valence-corrected chi connectivity index (χ1v) is 6.28. The summed E-state index contributed by atoms with van der Waals surface area (Å²) >= 11 is 0. The van der Waals surface area contributed by atoms with Gasteiger partial charge in [-0.05, 0) is 26.1 Å². The van der Waals surface area contributed by atoms with Crippen LogP contribution in [0.15, 0.2) is 12.3 Å². The summed E-state index contributed by atoms with van der Waals surface area (Å²) in [4.78, 5) is 8.65. The van der Waals surface area contributed by atoms with Gasteiger partial charge in [-0.1, -0.05) is 6.92 Å². The van der Waals surface area contributed by atoms with Gasteiger partial charge in [0.25, 0.3) is 0 Å². The van der Waals surface area contributed by atoms with E-state index >= 15 is 0 Å². The average Bonchev–Trinajstić information content (AvgIpc) is 2.71. The van der Waals surface area contributed by atoms with Crippen LogP contribution in [0.3, 0.4) is 0 Å². The van der Waals surface area contributed by atoms with Crippen molar-refractivity contribution in [1.82, 2.24) is 9.88 Å². The number of pyridine rings is 1. The number of hydrogen-bond donors (Lipinski definition) is 1. The highest BCUT2D eigenvalue weighted by molar-refractivity contribution is 5.48. The van der Waals surface area contributed by atoms with Crippen LogP contribution in [0.4, 0.5) is 10.2 Å². The Morgan fingerprint density at radius 1 is 1.50 bits per heavy atom. The molecule has 2 unspecified atom stereocenters. The van der Waals surface area contributed by atoms with Gasteiger partial charge in [0.1, 0.15) is 11.6 Å². The van der Waals surface area contributed by atoms with Gasteiger partial charge in [-0.3, -0.25) is 0 Å². The molecule has 0 saturated carbocycles. The summed E-state index contributed by atoms with van der Waals surface area (Å²) in [7, 11) is 4.18. The van der Waals surface area contributed by atoms with E-state index in [1.54, 1.807) is 0 Å². The lowest BCUT2D eigenvalue weighted by Crippen LogP contribution is -2.34. The van der Waals surface area contributed by atoms with Crippen molar-refractivity contribution in [3.8, 4) is 0 Å². The largest absolute Gasteiger partial charge is 0.354 e. The Labute approximate surface area is 108 Å². The summed E-state index contributed by atoms with van der Waals surface area (Å²) in [6.45, 7) is 4.40. The molecule has 0 bridgehead atoms. The third kappa shape index (κ3) is 2.47. The van der Waals surface area contributed by atoms with Crippen molar-refractivity contribution < 1.29 is 4.39 Å². The number of hydrogen-bond acceptors (Lipinski definition) is 4. The summed E-state index contributed by atoms with van der Waals surface area (Å²) in [5.41, 5.74) is 6.45. The summed E-state index contributed by atoms with van der Waals surface area (Å²) in [6, 6.07) is 1.98. The van der Waals surface area contributed by atoms with Crippen LogP contribution in [-0.4, -0.2) is 43.1 Å². The molecule has 18 heavy (non-hydrogen) atoms. The predicted molar refractivity (Wildman–Crippen MR) is 70.9 cm³/mol. The zero-order chi connectivity index (χ0) is 13.3. The van der Waals surface area contributed by atoms with E-state index in [1.807, 2.05) is 0 Å². The van der Waals surface area contributed by atoms with Crippen LogP contribution in [0.1, 0.15) is 12.5 Å². The van der Waals surface area contributed by atoms with Crippen molar-refractivity contribution in [1.29, 1.82) is 0 Å². The van der Waals surface area contributed by atoms with Gasteiger partial charge in [-0.2, -0.15) is 0 Å². The Morgan fingerprint density at radius 3 is 2.78 bits per heavy atom. The van der Waals surface area contributed by atoms with Gasteiger partial charge in [0.2, 0.25) is 0 Å². The molecule has 5 heteroatoms. The first kappa shape index (κ1) is 13.2. The summed E-state index contributed by atoms with van der Waals surface area (Å²) in [5.74, 6) is 1.07. The SMILES string of the molecule is CC1CN(c2ncc(F)cc2CN)CC1N(C)C. The maximum atomic E-state index is 13.2. The summed E-state index contributed by atoms with van der Waals surface area (Å²) < 4.78 is 13.2. The minimum atomic E-state index is -0.324. The maximum Gasteiger partial charge on any atom is 0.141 e. The molecule has 1 fully saturated rings. The monoisotopic (exact) mass is 252 g/mol. The number of nitrogens with two attached hydrogens (primary N) is 1. The van der Waals surface area contributed by atoms with Crippen molar-refractivity contribution in [2.45, 2.75) is 19.5 Å². The number of aromatic nitrogens is 1. The first-order valence-electron chi connectivity index (χ1n) is 6.28. The van der Waals surface area contributed by atoms with Crippen LogP contribution < -0.4 is 10.6 Å². The van der Waals surface area contributed by atoms with Gasteiger partial charge in [-0.15, -0.1) is 0 Å². The molecular formula is C13H21FN4. The highest BCUT2D eigenvalue weighted by atomic mass is 19.1. The predicted octanol–water partition coefficient (Wildman–Crippen LogP) is 1.07. The average molecular weight is 252 g/mol. The van der Waals surface area contributed by atoms with Crippen molar-refractivity contribution in [2.75, 3.05) is 32.1 Å². The van der Waals surface area contributed by atoms with Crippen molar-refractivity contribution in [3.63, 3.8) is 0 Å². The van der Waals surface area contributed by atoms with E-state index in [1.165, 1.54) is 12.3 Å². The Balaban J connectivity index is 2.23. The number of rotatable bonds is 3. The Bertz CT molecular complexity index is 421. The molecule has 0 aliphatic carbocycles. The number of halogens is 1. The second-order valence-corrected chi connectivity index (χ2v) is 5.25. The molecule has 2 rings (SSSR count). The molecule has 100 valence electrons. The fourth-order valence-electron chi connectivity index (χ4n) is 2.70. The van der Waals surface area contributed by atoms with E-state index in [0.29, 0.717) is 18.5 Å². The number of anilines is 1. The molecule has 1 saturated heterocycles. The fraction of sp³-hybridized carbons (Fsp3) is 0.615. The molecule has 0 spiro atoms. The fourth-order valence-corrected chi connectivity index (χ4v) is 2.70. The first-order chi connectivity index (χ1) is 8.52. The summed E-state index contributed by atoms with van der Waals surface area (Å²) in [5, 5.41) is 0. The molecule has 0 radical (unpaired) electrons. The third-order valence-corrected chi connectivity index (χ3v) is 3.66. The van der Waals surface area contributed by atoms with Crippen LogP contribution in [0.2, 0.25) is 0 Å². The lowest BCUT2D eigenvalue weighted by Gasteiger charge is -2.23. The second-order valence-electron chi connectivity index (χ2n) is 5.25. The van der Waals surface area contributed by atoms with Gasteiger partial charge >= 0.3 is 0 Å². The summed E-state index contributed by atoms with van der Waals surface area (Å²) in [6.07, 6.45) is 1.27. The molecule has 4 nitrogen and oxygen atoms in total. The molecule has 2 atom stereocenters. The van der Waals surface area contributed by atoms with Crippen molar-refractivity contribution in [2.24, 2.45) is 11.7 Å². The molecule has 1 aliphatic heterocycles. The van der Waals surface area contributed by atoms with Crippen LogP contribution in [-0.2, 0) is 6.54 Å². The molecule has 1 aromatic rings. The Hall–Kier alpha value is -1.20. The molecular weight excluding hydrogens is 231 g/mol. The van der Waals surface area contributed by atoms with Crippen LogP contribution in [0.25, 0.3) is 0 Å². The van der Waals surface area contributed by atoms with Gasteiger partial charge in [0.15, 0.2) is 0 Å². The normalized spacial score (nSPS) is 24.0. The maximum absolute atomic E-state index is 13.2. The van der Waals surface area contributed by atoms with Gasteiger partial charge in [0.05, 0.1) is 6.20 Å². The molecule has 0 amide bonds. The number of nitrogens with zero attached hydrogens (tertiary/aromatic N) is 3. The van der Waals surface area contributed by atoms with Gasteiger partial charge < -0.3 is 15.5 Å². The molecule has 2 heterocycles. The van der Waals surface area contributed by atoms with Crippen LogP contribution >= 0.6 is 0 Å². The van der Waals surface area contributed by atoms with E-state index in [2.05, 4.69) is 35.8 Å². The zero-order valence-corrected chi connectivity index (χ0v) is 11.2. The molecule has 1 aromatic heterocycles. The van der Waals surface area contributed by atoms with Crippen LogP contribution in [0, 0.1) is 11.7 Å². The van der Waals surface area contributed by atoms with Crippen molar-refractivity contribution in [3.05, 3.63) is 23.6 Å². The number of likely N-dealkylation sites (N-methyl/N-ethyl adjacent to an activating group) is 1. The van der Waals surface area contributed by atoms with Crippen LogP contribution in [0.5, 0.6) is 0 Å². The highest BCUT2D eigenvalue weighted by Gasteiger charge is 2.32. The van der Waals surface area contributed by atoms with Gasteiger partial charge in [-0.25, -0.2) is 9.37 Å².